The molecule has 2 heterocycles. The summed E-state index contributed by atoms with van der Waals surface area (Å²) in [7, 11) is 0. The minimum atomic E-state index is -0.950. The van der Waals surface area contributed by atoms with Gasteiger partial charge in [-0.2, -0.15) is 0 Å². The summed E-state index contributed by atoms with van der Waals surface area (Å²) in [5.74, 6) is -1.11. The van der Waals surface area contributed by atoms with Crippen LogP contribution in [0.3, 0.4) is 0 Å². The molecule has 0 radical (unpaired) electrons. The van der Waals surface area contributed by atoms with Gasteiger partial charge in [0, 0.05) is 30.3 Å². The molecule has 1 unspecified atom stereocenters. The molecule has 6 nitrogen and oxygen atoms in total. The van der Waals surface area contributed by atoms with Crippen LogP contribution in [-0.2, 0) is 21.5 Å². The Bertz CT molecular complexity index is 609. The summed E-state index contributed by atoms with van der Waals surface area (Å²) in [4.78, 5) is 31.5. The number of carbonyl (C=O) groups excluding carboxylic acids is 1. The number of carboxylic acid groups (broad SMARTS) is 1. The fraction of sp³-hybridized carbons (Fsp3) is 0.722. The number of carbonyl (C=O) groups is 2. The van der Waals surface area contributed by atoms with Crippen molar-refractivity contribution in [3.05, 3.63) is 16.1 Å². The van der Waals surface area contributed by atoms with E-state index in [0.29, 0.717) is 0 Å². The van der Waals surface area contributed by atoms with Crippen molar-refractivity contribution in [1.29, 1.82) is 0 Å². The lowest BCUT2D eigenvalue weighted by atomic mass is 9.93. The van der Waals surface area contributed by atoms with E-state index in [1.165, 1.54) is 11.8 Å². The SMILES string of the molecule is CC(=O)N(CC(=O)O)C1CCCN(Cc2nc(C(C)(C)C)cs2)CC1. The number of carboxylic acids is 1. The largest absolute Gasteiger partial charge is 0.480 e. The number of aromatic nitrogens is 1. The maximum atomic E-state index is 11.8. The van der Waals surface area contributed by atoms with E-state index >= 15 is 0 Å². The molecule has 2 rings (SSSR count). The average Bonchev–Trinajstić information content (AvgIpc) is 2.85. The smallest absolute Gasteiger partial charge is 0.323 e. The quantitative estimate of drug-likeness (QED) is 0.866. The highest BCUT2D eigenvalue weighted by Gasteiger charge is 2.26. The molecule has 1 amide bonds. The Labute approximate surface area is 153 Å². The van der Waals surface area contributed by atoms with Crippen molar-refractivity contribution in [2.45, 2.75) is 65.0 Å². The van der Waals surface area contributed by atoms with Gasteiger partial charge in [0.25, 0.3) is 0 Å². The van der Waals surface area contributed by atoms with Crippen molar-refractivity contribution in [3.8, 4) is 0 Å². The second-order valence-electron chi connectivity index (χ2n) is 7.78. The minimum absolute atomic E-state index is 0.0139. The van der Waals surface area contributed by atoms with Gasteiger partial charge in [-0.05, 0) is 25.8 Å². The van der Waals surface area contributed by atoms with Gasteiger partial charge < -0.3 is 10.0 Å². The number of hydrogen-bond acceptors (Lipinski definition) is 5. The number of hydrogen-bond donors (Lipinski definition) is 1. The van der Waals surface area contributed by atoms with Gasteiger partial charge in [0.05, 0.1) is 12.2 Å². The van der Waals surface area contributed by atoms with Crippen LogP contribution in [0.5, 0.6) is 0 Å². The Balaban J connectivity index is 1.95. The molecule has 1 fully saturated rings. The summed E-state index contributed by atoms with van der Waals surface area (Å²) in [5.41, 5.74) is 1.20. The number of rotatable bonds is 5. The van der Waals surface area contributed by atoms with Crippen molar-refractivity contribution in [2.24, 2.45) is 0 Å². The summed E-state index contributed by atoms with van der Waals surface area (Å²) in [6.07, 6.45) is 2.63. The molecular formula is C18H29N3O3S. The number of thiazole rings is 1. The Morgan fingerprint density at radius 3 is 2.64 bits per heavy atom. The Morgan fingerprint density at radius 1 is 1.36 bits per heavy atom. The van der Waals surface area contributed by atoms with Crippen LogP contribution >= 0.6 is 11.3 Å². The average molecular weight is 368 g/mol. The zero-order valence-electron chi connectivity index (χ0n) is 15.6. The molecule has 140 valence electrons. The van der Waals surface area contributed by atoms with Crippen LogP contribution in [0.1, 0.15) is 57.7 Å². The molecule has 0 saturated carbocycles. The normalized spacial score (nSPS) is 19.4. The third-order valence-corrected chi connectivity index (χ3v) is 5.45. The van der Waals surface area contributed by atoms with E-state index in [1.807, 2.05) is 0 Å². The van der Waals surface area contributed by atoms with Crippen LogP contribution < -0.4 is 0 Å². The summed E-state index contributed by atoms with van der Waals surface area (Å²) < 4.78 is 0. The molecule has 1 atom stereocenters. The van der Waals surface area contributed by atoms with E-state index in [-0.39, 0.29) is 23.9 Å². The molecule has 1 aliphatic heterocycles. The van der Waals surface area contributed by atoms with E-state index in [1.54, 1.807) is 11.3 Å². The third kappa shape index (κ3) is 5.78. The van der Waals surface area contributed by atoms with Gasteiger partial charge in [-0.25, -0.2) is 4.98 Å². The lowest BCUT2D eigenvalue weighted by Gasteiger charge is -2.28. The zero-order chi connectivity index (χ0) is 18.6. The fourth-order valence-corrected chi connectivity index (χ4v) is 4.23. The van der Waals surface area contributed by atoms with Crippen molar-refractivity contribution in [1.82, 2.24) is 14.8 Å². The van der Waals surface area contributed by atoms with Crippen LogP contribution in [0.25, 0.3) is 0 Å². The number of amides is 1. The fourth-order valence-electron chi connectivity index (χ4n) is 3.17. The van der Waals surface area contributed by atoms with Crippen molar-refractivity contribution in [3.63, 3.8) is 0 Å². The Morgan fingerprint density at radius 2 is 2.08 bits per heavy atom. The Kier molecular flexibility index (Phi) is 6.57. The highest BCUT2D eigenvalue weighted by atomic mass is 32.1. The molecule has 7 heteroatoms. The molecule has 25 heavy (non-hydrogen) atoms. The first-order chi connectivity index (χ1) is 11.7. The van der Waals surface area contributed by atoms with Crippen LogP contribution in [0.4, 0.5) is 0 Å². The van der Waals surface area contributed by atoms with Crippen LogP contribution in [0, 0.1) is 0 Å². The standard InChI is InChI=1S/C18H29N3O3S/c1-13(22)21(11-17(23)24)14-6-5-8-20(9-7-14)10-16-19-15(12-25-16)18(2,3)4/h12,14H,5-11H2,1-4H3,(H,23,24). The summed E-state index contributed by atoms with van der Waals surface area (Å²) in [6, 6.07) is 0.0139. The highest BCUT2D eigenvalue weighted by Crippen LogP contribution is 2.25. The number of nitrogens with zero attached hydrogens (tertiary/aromatic N) is 3. The van der Waals surface area contributed by atoms with Gasteiger partial charge >= 0.3 is 5.97 Å². The van der Waals surface area contributed by atoms with Gasteiger partial charge in [-0.3, -0.25) is 14.5 Å². The molecule has 1 aliphatic rings. The second kappa shape index (κ2) is 8.27. The van der Waals surface area contributed by atoms with Gasteiger partial charge in [-0.1, -0.05) is 20.8 Å². The number of likely N-dealkylation sites (tertiary alicyclic amines) is 1. The topological polar surface area (TPSA) is 73.7 Å². The first kappa shape index (κ1) is 19.8. The van der Waals surface area contributed by atoms with Crippen molar-refractivity contribution in [2.75, 3.05) is 19.6 Å². The van der Waals surface area contributed by atoms with Gasteiger partial charge in [0.2, 0.25) is 5.91 Å². The molecule has 0 aliphatic carbocycles. The lowest BCUT2D eigenvalue weighted by Crippen LogP contribution is -2.42. The first-order valence-electron chi connectivity index (χ1n) is 8.83. The monoisotopic (exact) mass is 367 g/mol. The predicted octanol–water partition coefficient (Wildman–Crippen LogP) is 2.73. The maximum Gasteiger partial charge on any atom is 0.323 e. The number of aliphatic carboxylic acids is 1. The summed E-state index contributed by atoms with van der Waals surface area (Å²) in [6.45, 7) is 10.4. The molecule has 0 aromatic carbocycles. The van der Waals surface area contributed by atoms with Crippen LogP contribution in [0.2, 0.25) is 0 Å². The van der Waals surface area contributed by atoms with E-state index < -0.39 is 5.97 Å². The van der Waals surface area contributed by atoms with Gasteiger partial charge in [-0.15, -0.1) is 11.3 Å². The molecule has 0 spiro atoms. The Hall–Kier alpha value is -1.47. The second-order valence-corrected chi connectivity index (χ2v) is 8.72. The molecule has 1 N–H and O–H groups in total. The first-order valence-corrected chi connectivity index (χ1v) is 9.71. The summed E-state index contributed by atoms with van der Waals surface area (Å²) in [5, 5.41) is 12.3. The zero-order valence-corrected chi connectivity index (χ0v) is 16.4. The minimum Gasteiger partial charge on any atom is -0.480 e. The van der Waals surface area contributed by atoms with Crippen molar-refractivity contribution >= 4 is 23.2 Å². The van der Waals surface area contributed by atoms with Gasteiger partial charge in [0.1, 0.15) is 11.6 Å². The lowest BCUT2D eigenvalue weighted by molar-refractivity contribution is -0.145. The van der Waals surface area contributed by atoms with E-state index in [4.69, 9.17) is 10.1 Å². The van der Waals surface area contributed by atoms with Crippen LogP contribution in [-0.4, -0.2) is 57.4 Å². The van der Waals surface area contributed by atoms with Gasteiger partial charge in [0.15, 0.2) is 0 Å². The van der Waals surface area contributed by atoms with E-state index in [0.717, 1.165) is 49.6 Å². The van der Waals surface area contributed by atoms with E-state index in [9.17, 15) is 9.59 Å². The predicted molar refractivity (Wildman–Crippen MR) is 98.8 cm³/mol. The molecule has 1 aromatic rings. The molecule has 1 saturated heterocycles. The molecule has 1 aromatic heterocycles. The maximum absolute atomic E-state index is 11.8. The summed E-state index contributed by atoms with van der Waals surface area (Å²) >= 11 is 1.70. The third-order valence-electron chi connectivity index (χ3n) is 4.62. The van der Waals surface area contributed by atoms with E-state index in [2.05, 4.69) is 31.1 Å². The van der Waals surface area contributed by atoms with Crippen LogP contribution in [0.15, 0.2) is 5.38 Å². The highest BCUT2D eigenvalue weighted by molar-refractivity contribution is 7.09. The van der Waals surface area contributed by atoms with Crippen molar-refractivity contribution < 1.29 is 14.7 Å². The molecular weight excluding hydrogens is 338 g/mol. The molecule has 0 bridgehead atoms.